The Balaban J connectivity index is 0. The summed E-state index contributed by atoms with van der Waals surface area (Å²) in [5.41, 5.74) is 0. The lowest BCUT2D eigenvalue weighted by Gasteiger charge is -2.10. The number of nitrogens with one attached hydrogen (secondary N) is 1. The van der Waals surface area contributed by atoms with Crippen LogP contribution in [0.25, 0.3) is 0 Å². The first-order chi connectivity index (χ1) is 10.3. The van der Waals surface area contributed by atoms with E-state index in [9.17, 15) is 0 Å². The summed E-state index contributed by atoms with van der Waals surface area (Å²) in [5.74, 6) is 1.65. The summed E-state index contributed by atoms with van der Waals surface area (Å²) in [7, 11) is 2.13. The van der Waals surface area contributed by atoms with Gasteiger partial charge in [0, 0.05) is 20.1 Å². The molecule has 2 heterocycles. The average molecular weight is 297 g/mol. The number of hydrogen-bond donors (Lipinski definition) is 1. The van der Waals surface area contributed by atoms with Crippen molar-refractivity contribution in [2.75, 3.05) is 20.1 Å². The van der Waals surface area contributed by atoms with E-state index in [0.29, 0.717) is 0 Å². The Bertz CT molecular complexity index is 246. The smallest absolute Gasteiger partial charge is 0.0232 e. The third-order valence-corrected chi connectivity index (χ3v) is 3.32. The van der Waals surface area contributed by atoms with Gasteiger partial charge in [-0.05, 0) is 37.1 Å². The van der Waals surface area contributed by atoms with Gasteiger partial charge in [-0.2, -0.15) is 0 Å². The van der Waals surface area contributed by atoms with Crippen LogP contribution in [0.15, 0.2) is 24.6 Å². The molecule has 1 N–H and O–H groups in total. The van der Waals surface area contributed by atoms with Gasteiger partial charge >= 0.3 is 0 Å². The van der Waals surface area contributed by atoms with Gasteiger partial charge in [-0.3, -0.25) is 0 Å². The summed E-state index contributed by atoms with van der Waals surface area (Å²) in [4.78, 5) is 2.25. The van der Waals surface area contributed by atoms with Crippen molar-refractivity contribution in [3.05, 3.63) is 24.6 Å². The summed E-state index contributed by atoms with van der Waals surface area (Å²) in [5, 5.41) is 3.18. The van der Waals surface area contributed by atoms with Crippen molar-refractivity contribution in [2.45, 2.75) is 67.2 Å². The van der Waals surface area contributed by atoms with Crippen molar-refractivity contribution >= 4 is 0 Å². The predicted molar refractivity (Wildman–Crippen MR) is 98.4 cm³/mol. The van der Waals surface area contributed by atoms with Gasteiger partial charge in [-0.1, -0.05) is 66.5 Å². The first-order valence-corrected chi connectivity index (χ1v) is 9.04. The molecule has 21 heavy (non-hydrogen) atoms. The average Bonchev–Trinajstić information content (AvgIpc) is 3.17. The van der Waals surface area contributed by atoms with E-state index in [1.54, 1.807) is 0 Å². The van der Waals surface area contributed by atoms with Crippen molar-refractivity contribution in [1.29, 1.82) is 0 Å². The Kier molecular flexibility index (Phi) is 18.2. The van der Waals surface area contributed by atoms with E-state index < -0.39 is 0 Å². The van der Waals surface area contributed by atoms with Gasteiger partial charge < -0.3 is 10.2 Å². The first kappa shape index (κ1) is 22.4. The van der Waals surface area contributed by atoms with Crippen LogP contribution in [0.4, 0.5) is 0 Å². The molecule has 0 saturated heterocycles. The minimum atomic E-state index is 0.819. The normalized spacial score (nSPS) is 21.4. The van der Waals surface area contributed by atoms with Crippen molar-refractivity contribution in [2.24, 2.45) is 11.8 Å². The Morgan fingerprint density at radius 3 is 1.90 bits per heavy atom. The minimum Gasteiger partial charge on any atom is -0.391 e. The minimum absolute atomic E-state index is 0.819. The summed E-state index contributed by atoms with van der Waals surface area (Å²) in [6, 6.07) is 0. The molecule has 0 aliphatic carbocycles. The lowest BCUT2D eigenvalue weighted by atomic mass is 10.1. The van der Waals surface area contributed by atoms with Gasteiger partial charge in [0.15, 0.2) is 0 Å². The van der Waals surface area contributed by atoms with Crippen LogP contribution in [0, 0.1) is 11.8 Å². The highest BCUT2D eigenvalue weighted by Crippen LogP contribution is 2.15. The fraction of sp³-hybridized carbons (Fsp3) is 0.789. The van der Waals surface area contributed by atoms with Crippen molar-refractivity contribution < 1.29 is 0 Å². The monoisotopic (exact) mass is 296 g/mol. The Hall–Kier alpha value is -0.920. The second-order valence-corrected chi connectivity index (χ2v) is 5.15. The third-order valence-electron chi connectivity index (χ3n) is 3.32. The summed E-state index contributed by atoms with van der Waals surface area (Å²) < 4.78 is 0. The molecule has 2 aliphatic heterocycles. The van der Waals surface area contributed by atoms with Gasteiger partial charge in [-0.25, -0.2) is 0 Å². The SMILES string of the molecule is CC.CC.CCCC1C=CN(C)C1.CCCC1C=CNC1. The molecule has 0 fully saturated rings. The third kappa shape index (κ3) is 12.5. The molecular formula is C19H40N2. The van der Waals surface area contributed by atoms with E-state index in [1.165, 1.54) is 32.2 Å². The molecule has 126 valence electrons. The standard InChI is InChI=1S/C8H15N.C7H13N.2C2H6/c1-3-4-8-5-6-9(2)7-8;1-2-3-7-4-5-8-6-7;2*1-2/h5-6,8H,3-4,7H2,1-2H3;4-5,7-8H,2-3,6H2,1H3;2*1-2H3. The first-order valence-electron chi connectivity index (χ1n) is 9.04. The van der Waals surface area contributed by atoms with Gasteiger partial charge in [0.1, 0.15) is 0 Å². The fourth-order valence-corrected chi connectivity index (χ4v) is 2.38. The van der Waals surface area contributed by atoms with E-state index >= 15 is 0 Å². The van der Waals surface area contributed by atoms with E-state index in [-0.39, 0.29) is 0 Å². The fourth-order valence-electron chi connectivity index (χ4n) is 2.38. The second kappa shape index (κ2) is 17.1. The number of rotatable bonds is 4. The van der Waals surface area contributed by atoms with Crippen LogP contribution in [-0.2, 0) is 0 Å². The van der Waals surface area contributed by atoms with Crippen LogP contribution >= 0.6 is 0 Å². The van der Waals surface area contributed by atoms with Gasteiger partial charge in [0.05, 0.1) is 0 Å². The summed E-state index contributed by atoms with van der Waals surface area (Å²) >= 11 is 0. The van der Waals surface area contributed by atoms with Gasteiger partial charge in [0.2, 0.25) is 0 Å². The highest BCUT2D eigenvalue weighted by atomic mass is 15.1. The highest BCUT2D eigenvalue weighted by Gasteiger charge is 2.10. The lowest BCUT2D eigenvalue weighted by molar-refractivity contribution is 0.421. The molecule has 0 amide bonds. The van der Waals surface area contributed by atoms with Crippen LogP contribution in [0.2, 0.25) is 0 Å². The zero-order valence-electron chi connectivity index (χ0n) is 15.7. The zero-order chi connectivity index (χ0) is 16.5. The largest absolute Gasteiger partial charge is 0.391 e. The molecule has 0 bridgehead atoms. The molecule has 2 heteroatoms. The number of hydrogen-bond acceptors (Lipinski definition) is 2. The van der Waals surface area contributed by atoms with Crippen LogP contribution < -0.4 is 5.32 Å². The molecule has 2 rings (SSSR count). The molecular weight excluding hydrogens is 256 g/mol. The molecule has 2 aliphatic rings. The van der Waals surface area contributed by atoms with Crippen LogP contribution in [0.3, 0.4) is 0 Å². The van der Waals surface area contributed by atoms with Gasteiger partial charge in [0.25, 0.3) is 0 Å². The molecule has 0 aromatic rings. The van der Waals surface area contributed by atoms with Gasteiger partial charge in [-0.15, -0.1) is 0 Å². The quantitative estimate of drug-likeness (QED) is 0.743. The highest BCUT2D eigenvalue weighted by molar-refractivity contribution is 4.96. The maximum Gasteiger partial charge on any atom is 0.0232 e. The maximum atomic E-state index is 3.18. The van der Waals surface area contributed by atoms with E-state index in [4.69, 9.17) is 0 Å². The molecule has 2 nitrogen and oxygen atoms in total. The molecule has 0 spiro atoms. The Morgan fingerprint density at radius 2 is 1.52 bits per heavy atom. The molecule has 2 atom stereocenters. The molecule has 0 aromatic heterocycles. The second-order valence-electron chi connectivity index (χ2n) is 5.15. The van der Waals surface area contributed by atoms with Crippen LogP contribution in [0.5, 0.6) is 0 Å². The van der Waals surface area contributed by atoms with E-state index in [1.807, 2.05) is 27.7 Å². The Morgan fingerprint density at radius 1 is 0.952 bits per heavy atom. The van der Waals surface area contributed by atoms with E-state index in [0.717, 1.165) is 18.4 Å². The molecule has 2 unspecified atom stereocenters. The summed E-state index contributed by atoms with van der Waals surface area (Å²) in [6.07, 6.45) is 14.1. The van der Waals surface area contributed by atoms with Crippen molar-refractivity contribution in [1.82, 2.24) is 10.2 Å². The Labute approximate surface area is 134 Å². The lowest BCUT2D eigenvalue weighted by Crippen LogP contribution is -2.12. The zero-order valence-corrected chi connectivity index (χ0v) is 15.7. The predicted octanol–water partition coefficient (Wildman–Crippen LogP) is 5.43. The maximum absolute atomic E-state index is 3.18. The van der Waals surface area contributed by atoms with Crippen LogP contribution in [0.1, 0.15) is 67.2 Å². The van der Waals surface area contributed by atoms with Crippen LogP contribution in [-0.4, -0.2) is 25.0 Å². The topological polar surface area (TPSA) is 15.3 Å². The van der Waals surface area contributed by atoms with Crippen molar-refractivity contribution in [3.8, 4) is 0 Å². The van der Waals surface area contributed by atoms with E-state index in [2.05, 4.69) is 55.7 Å². The molecule has 0 aromatic carbocycles. The molecule has 0 saturated carbocycles. The van der Waals surface area contributed by atoms with Crippen molar-refractivity contribution in [3.63, 3.8) is 0 Å². The number of nitrogens with zero attached hydrogens (tertiary/aromatic N) is 1. The molecule has 0 radical (unpaired) electrons. The summed E-state index contributed by atoms with van der Waals surface area (Å²) in [6.45, 7) is 14.9.